The van der Waals surface area contributed by atoms with E-state index in [-0.39, 0.29) is 11.5 Å². The Balaban J connectivity index is 1.70. The third-order valence-corrected chi connectivity index (χ3v) is 6.74. The van der Waals surface area contributed by atoms with Crippen LogP contribution in [0.15, 0.2) is 54.2 Å². The van der Waals surface area contributed by atoms with Crippen molar-refractivity contribution in [3.8, 4) is 11.3 Å². The third kappa shape index (κ3) is 6.18. The number of aromatic nitrogens is 2. The van der Waals surface area contributed by atoms with Gasteiger partial charge in [-0.25, -0.2) is 13.4 Å². The molecule has 0 saturated heterocycles. The molecule has 2 amide bonds. The first kappa shape index (κ1) is 23.0. The molecule has 3 aromatic rings. The van der Waals surface area contributed by atoms with Gasteiger partial charge in [-0.2, -0.15) is 11.8 Å². The topological polar surface area (TPSA) is 110 Å². The van der Waals surface area contributed by atoms with Gasteiger partial charge in [0.1, 0.15) is 6.04 Å². The molecule has 0 bridgehead atoms. The summed E-state index contributed by atoms with van der Waals surface area (Å²) in [4.78, 5) is 29.9. The lowest BCUT2D eigenvalue weighted by Crippen LogP contribution is -2.44. The van der Waals surface area contributed by atoms with Crippen molar-refractivity contribution in [2.45, 2.75) is 12.5 Å². The molecule has 0 radical (unpaired) electrons. The average molecular weight is 479 g/mol. The van der Waals surface area contributed by atoms with Crippen LogP contribution in [0.5, 0.6) is 0 Å². The fourth-order valence-corrected chi connectivity index (χ4v) is 4.51. The van der Waals surface area contributed by atoms with Gasteiger partial charge in [0, 0.05) is 23.3 Å². The second-order valence-corrected chi connectivity index (χ2v) is 10.4. The summed E-state index contributed by atoms with van der Waals surface area (Å²) in [5, 5.41) is 7.76. The number of thioether (sulfide) groups is 1. The largest absolute Gasteiger partial charge is 0.340 e. The summed E-state index contributed by atoms with van der Waals surface area (Å²) in [6, 6.07) is 10.2. The van der Waals surface area contributed by atoms with E-state index in [1.807, 2.05) is 42.0 Å². The maximum Gasteiger partial charge on any atom is 0.253 e. The number of thiazole rings is 1. The van der Waals surface area contributed by atoms with E-state index in [1.54, 1.807) is 11.8 Å². The highest BCUT2D eigenvalue weighted by Gasteiger charge is 2.23. The van der Waals surface area contributed by atoms with Crippen molar-refractivity contribution in [1.29, 1.82) is 0 Å². The molecule has 2 heterocycles. The van der Waals surface area contributed by atoms with Crippen molar-refractivity contribution in [2.24, 2.45) is 0 Å². The second-order valence-electron chi connectivity index (χ2n) is 6.69. The van der Waals surface area contributed by atoms with Crippen molar-refractivity contribution < 1.29 is 18.0 Å². The van der Waals surface area contributed by atoms with Gasteiger partial charge in [0.2, 0.25) is 15.9 Å². The van der Waals surface area contributed by atoms with E-state index in [1.165, 1.54) is 29.8 Å². The molecule has 0 unspecified atom stereocenters. The minimum atomic E-state index is -3.49. The molecule has 2 aromatic heterocycles. The zero-order chi connectivity index (χ0) is 22.4. The molecule has 11 heteroatoms. The van der Waals surface area contributed by atoms with Gasteiger partial charge >= 0.3 is 0 Å². The Morgan fingerprint density at radius 3 is 2.61 bits per heavy atom. The lowest BCUT2D eigenvalue weighted by atomic mass is 10.2. The van der Waals surface area contributed by atoms with Gasteiger partial charge < -0.3 is 10.6 Å². The van der Waals surface area contributed by atoms with Crippen LogP contribution in [0, 0.1) is 0 Å². The highest BCUT2D eigenvalue weighted by Crippen LogP contribution is 2.24. The molecular weight excluding hydrogens is 456 g/mol. The van der Waals surface area contributed by atoms with Crippen molar-refractivity contribution >= 4 is 50.1 Å². The summed E-state index contributed by atoms with van der Waals surface area (Å²) in [7, 11) is -3.49. The van der Waals surface area contributed by atoms with Gasteiger partial charge in [-0.15, -0.1) is 11.3 Å². The molecule has 1 atom stereocenters. The summed E-state index contributed by atoms with van der Waals surface area (Å²) < 4.78 is 24.2. The van der Waals surface area contributed by atoms with E-state index in [0.29, 0.717) is 17.3 Å². The molecule has 0 fully saturated rings. The van der Waals surface area contributed by atoms with Crippen molar-refractivity contribution in [3.63, 3.8) is 0 Å². The fourth-order valence-electron chi connectivity index (χ4n) is 2.73. The number of amides is 2. The maximum absolute atomic E-state index is 12.8. The first-order valence-electron chi connectivity index (χ1n) is 9.28. The third-order valence-electron chi connectivity index (χ3n) is 4.35. The van der Waals surface area contributed by atoms with Crippen LogP contribution in [0.4, 0.5) is 5.13 Å². The van der Waals surface area contributed by atoms with Gasteiger partial charge in [0.25, 0.3) is 5.91 Å². The maximum atomic E-state index is 12.8. The predicted molar refractivity (Wildman–Crippen MR) is 125 cm³/mol. The van der Waals surface area contributed by atoms with Crippen molar-refractivity contribution in [3.05, 3.63) is 59.7 Å². The van der Waals surface area contributed by atoms with Gasteiger partial charge in [-0.05, 0) is 24.5 Å². The van der Waals surface area contributed by atoms with Gasteiger partial charge in [-0.3, -0.25) is 13.6 Å². The smallest absolute Gasteiger partial charge is 0.253 e. The van der Waals surface area contributed by atoms with Crippen LogP contribution >= 0.6 is 23.1 Å². The quantitative estimate of drug-likeness (QED) is 0.489. The number of hydrogen-bond acceptors (Lipinski definition) is 7. The predicted octanol–water partition coefficient (Wildman–Crippen LogP) is 2.91. The van der Waals surface area contributed by atoms with Crippen LogP contribution in [0.1, 0.15) is 16.8 Å². The Bertz CT molecular complexity index is 1160. The van der Waals surface area contributed by atoms with E-state index in [4.69, 9.17) is 0 Å². The molecule has 1 aromatic carbocycles. The van der Waals surface area contributed by atoms with Gasteiger partial charge in [0.15, 0.2) is 5.13 Å². The summed E-state index contributed by atoms with van der Waals surface area (Å²) in [6.45, 7) is 0. The average Bonchev–Trinajstić information content (AvgIpc) is 3.41. The van der Waals surface area contributed by atoms with Crippen LogP contribution in [0.3, 0.4) is 0 Å². The van der Waals surface area contributed by atoms with Gasteiger partial charge in [0.05, 0.1) is 17.5 Å². The molecule has 31 heavy (non-hydrogen) atoms. The number of rotatable bonds is 9. The minimum Gasteiger partial charge on any atom is -0.340 e. The van der Waals surface area contributed by atoms with Crippen LogP contribution < -0.4 is 10.6 Å². The molecule has 0 aliphatic carbocycles. The number of nitrogens with one attached hydrogen (secondary N) is 2. The van der Waals surface area contributed by atoms with Crippen molar-refractivity contribution in [2.75, 3.05) is 23.6 Å². The first-order valence-corrected chi connectivity index (χ1v) is 13.4. The molecular formula is C20H22N4O4S3. The van der Waals surface area contributed by atoms with E-state index in [2.05, 4.69) is 15.6 Å². The number of nitrogens with zero attached hydrogens (tertiary/aromatic N) is 2. The van der Waals surface area contributed by atoms with E-state index in [0.717, 1.165) is 21.5 Å². The van der Waals surface area contributed by atoms with Crippen LogP contribution in [0.25, 0.3) is 11.3 Å². The first-order chi connectivity index (χ1) is 14.8. The molecule has 0 spiro atoms. The summed E-state index contributed by atoms with van der Waals surface area (Å²) in [5.41, 5.74) is 1.86. The Morgan fingerprint density at radius 1 is 1.23 bits per heavy atom. The molecule has 3 rings (SSSR count). The number of anilines is 1. The van der Waals surface area contributed by atoms with Crippen LogP contribution in [-0.4, -0.2) is 53.5 Å². The zero-order valence-corrected chi connectivity index (χ0v) is 19.4. The van der Waals surface area contributed by atoms with Crippen molar-refractivity contribution in [1.82, 2.24) is 14.3 Å². The standard InChI is InChI=1S/C20H22N4O4S3/c1-29-11-9-16(21-18(25)15-8-10-24(12-15)31(2,27)28)19(26)23-20-22-17(13-30-20)14-6-4-3-5-7-14/h3-8,10,12-13,16H,9,11H2,1-2H3,(H,21,25)(H,22,23,26)/t16-/m0/s1. The molecule has 0 aliphatic rings. The van der Waals surface area contributed by atoms with E-state index < -0.39 is 22.0 Å². The highest BCUT2D eigenvalue weighted by molar-refractivity contribution is 7.98. The Kier molecular flexibility index (Phi) is 7.52. The van der Waals surface area contributed by atoms with Crippen LogP contribution in [-0.2, 0) is 14.8 Å². The zero-order valence-electron chi connectivity index (χ0n) is 16.9. The number of benzene rings is 1. The van der Waals surface area contributed by atoms with E-state index >= 15 is 0 Å². The molecule has 164 valence electrons. The lowest BCUT2D eigenvalue weighted by molar-refractivity contribution is -0.118. The summed E-state index contributed by atoms with van der Waals surface area (Å²) >= 11 is 2.86. The Hall–Kier alpha value is -2.63. The van der Waals surface area contributed by atoms with Crippen LogP contribution in [0.2, 0.25) is 0 Å². The van der Waals surface area contributed by atoms with Gasteiger partial charge in [-0.1, -0.05) is 30.3 Å². The molecule has 0 aliphatic heterocycles. The molecule has 8 nitrogen and oxygen atoms in total. The Labute approximate surface area is 189 Å². The minimum absolute atomic E-state index is 0.160. The SMILES string of the molecule is CSCC[C@H](NC(=O)c1ccn(S(C)(=O)=O)c1)C(=O)Nc1nc(-c2ccccc2)cs1. The Morgan fingerprint density at radius 2 is 1.97 bits per heavy atom. The fraction of sp³-hybridized carbons (Fsp3) is 0.250. The molecule has 2 N–H and O–H groups in total. The second kappa shape index (κ2) is 10.1. The molecule has 0 saturated carbocycles. The van der Waals surface area contributed by atoms with E-state index in [9.17, 15) is 18.0 Å². The lowest BCUT2D eigenvalue weighted by Gasteiger charge is -2.17. The number of hydrogen-bond donors (Lipinski definition) is 2. The normalized spacial score (nSPS) is 12.3. The highest BCUT2D eigenvalue weighted by atomic mass is 32.2. The summed E-state index contributed by atoms with van der Waals surface area (Å²) in [5.74, 6) is -0.234. The monoisotopic (exact) mass is 478 g/mol. The number of carbonyl (C=O) groups excluding carboxylic acids is 2. The number of carbonyl (C=O) groups is 2. The summed E-state index contributed by atoms with van der Waals surface area (Å²) in [6.07, 6.45) is 5.89.